The second-order valence-electron chi connectivity index (χ2n) is 10.7. The molecule has 0 amide bonds. The Morgan fingerprint density at radius 2 is 1.66 bits per heavy atom. The Hall–Kier alpha value is -2.86. The predicted octanol–water partition coefficient (Wildman–Crippen LogP) is 4.98. The van der Waals surface area contributed by atoms with Gasteiger partial charge in [-0.05, 0) is 74.5 Å². The molecule has 5 heteroatoms. The molecule has 2 heterocycles. The molecule has 3 aliphatic rings. The molecule has 2 aliphatic heterocycles. The number of benzene rings is 2. The van der Waals surface area contributed by atoms with Crippen molar-refractivity contribution in [3.63, 3.8) is 0 Å². The Balaban J connectivity index is 1.22. The van der Waals surface area contributed by atoms with Gasteiger partial charge >= 0.3 is 0 Å². The molecule has 35 heavy (non-hydrogen) atoms. The van der Waals surface area contributed by atoms with E-state index in [-0.39, 0.29) is 12.0 Å². The van der Waals surface area contributed by atoms with Crippen LogP contribution in [0.4, 0.5) is 5.69 Å². The first kappa shape index (κ1) is 23.9. The lowest BCUT2D eigenvalue weighted by atomic mass is 9.59. The van der Waals surface area contributed by atoms with E-state index >= 15 is 0 Å². The number of nitrogens with zero attached hydrogens (tertiary/aromatic N) is 4. The van der Waals surface area contributed by atoms with Crippen molar-refractivity contribution in [2.75, 3.05) is 44.7 Å². The van der Waals surface area contributed by atoms with Gasteiger partial charge in [0, 0.05) is 44.3 Å². The standard InChI is InChI=1S/C30H36N4O/c1-35-29-9-5-8-28(29)30(22-32,25-6-3-2-4-7-25)26-14-16-33(17-15-26)19-24-20-34(21-24)27-12-10-23(18-31)11-13-27/h2-4,6-7,10-13,24,26,28-29H,5,8-9,14-17,19-21H2,1H3/t28-,29-,30?/m0/s1. The molecule has 0 N–H and O–H groups in total. The van der Waals surface area contributed by atoms with Gasteiger partial charge in [-0.15, -0.1) is 0 Å². The minimum Gasteiger partial charge on any atom is -0.381 e. The number of piperidine rings is 1. The van der Waals surface area contributed by atoms with E-state index in [2.05, 4.69) is 64.4 Å². The molecule has 2 aromatic rings. The van der Waals surface area contributed by atoms with E-state index in [1.54, 1.807) is 0 Å². The molecular formula is C30H36N4O. The molecule has 0 radical (unpaired) electrons. The molecule has 3 fully saturated rings. The third-order valence-corrected chi connectivity index (χ3v) is 8.84. The van der Waals surface area contributed by atoms with Crippen molar-refractivity contribution < 1.29 is 4.74 Å². The molecule has 0 bridgehead atoms. The Morgan fingerprint density at radius 1 is 0.943 bits per heavy atom. The monoisotopic (exact) mass is 468 g/mol. The van der Waals surface area contributed by atoms with Crippen molar-refractivity contribution in [2.45, 2.75) is 43.6 Å². The number of anilines is 1. The van der Waals surface area contributed by atoms with Gasteiger partial charge in [0.15, 0.2) is 0 Å². The quantitative estimate of drug-likeness (QED) is 0.573. The van der Waals surface area contributed by atoms with Gasteiger partial charge in [-0.25, -0.2) is 0 Å². The van der Waals surface area contributed by atoms with Gasteiger partial charge in [-0.1, -0.05) is 36.8 Å². The third-order valence-electron chi connectivity index (χ3n) is 8.84. The highest BCUT2D eigenvalue weighted by Gasteiger charge is 2.52. The molecular weight excluding hydrogens is 432 g/mol. The van der Waals surface area contributed by atoms with Gasteiger partial charge in [0.1, 0.15) is 0 Å². The Bertz CT molecular complexity index is 1060. The minimum absolute atomic E-state index is 0.177. The van der Waals surface area contributed by atoms with Crippen LogP contribution in [0.3, 0.4) is 0 Å². The highest BCUT2D eigenvalue weighted by atomic mass is 16.5. The summed E-state index contributed by atoms with van der Waals surface area (Å²) in [6.07, 6.45) is 5.61. The van der Waals surface area contributed by atoms with Gasteiger partial charge < -0.3 is 14.5 Å². The normalized spacial score (nSPS) is 25.4. The lowest BCUT2D eigenvalue weighted by molar-refractivity contribution is 0.0193. The molecule has 182 valence electrons. The summed E-state index contributed by atoms with van der Waals surface area (Å²) >= 11 is 0. The molecule has 1 saturated carbocycles. The second kappa shape index (κ2) is 10.4. The highest BCUT2D eigenvalue weighted by Crippen LogP contribution is 2.50. The molecule has 1 aliphatic carbocycles. The maximum absolute atomic E-state index is 10.7. The summed E-state index contributed by atoms with van der Waals surface area (Å²) in [5, 5.41) is 19.7. The Labute approximate surface area is 209 Å². The van der Waals surface area contributed by atoms with E-state index < -0.39 is 5.41 Å². The van der Waals surface area contributed by atoms with Crippen LogP contribution in [0.2, 0.25) is 0 Å². The maximum Gasteiger partial charge on any atom is 0.0991 e. The van der Waals surface area contributed by atoms with E-state index in [1.807, 2.05) is 19.2 Å². The van der Waals surface area contributed by atoms with E-state index in [4.69, 9.17) is 10.00 Å². The van der Waals surface area contributed by atoms with Gasteiger partial charge in [-0.2, -0.15) is 10.5 Å². The van der Waals surface area contributed by atoms with Crippen molar-refractivity contribution in [3.8, 4) is 12.1 Å². The topological polar surface area (TPSA) is 63.3 Å². The summed E-state index contributed by atoms with van der Waals surface area (Å²) < 4.78 is 5.92. The second-order valence-corrected chi connectivity index (χ2v) is 10.7. The summed E-state index contributed by atoms with van der Waals surface area (Å²) in [6, 6.07) is 23.6. The van der Waals surface area contributed by atoms with Gasteiger partial charge in [0.2, 0.25) is 0 Å². The minimum atomic E-state index is -0.465. The number of hydrogen-bond acceptors (Lipinski definition) is 5. The lowest BCUT2D eigenvalue weighted by Gasteiger charge is -2.48. The van der Waals surface area contributed by atoms with Gasteiger partial charge in [0.05, 0.1) is 29.2 Å². The first-order chi connectivity index (χ1) is 17.2. The van der Waals surface area contributed by atoms with Crippen molar-refractivity contribution >= 4 is 5.69 Å². The fourth-order valence-corrected chi connectivity index (χ4v) is 7.01. The summed E-state index contributed by atoms with van der Waals surface area (Å²) in [4.78, 5) is 5.02. The molecule has 0 aromatic heterocycles. The van der Waals surface area contributed by atoms with Crippen molar-refractivity contribution in [1.29, 1.82) is 10.5 Å². The zero-order chi connectivity index (χ0) is 24.3. The van der Waals surface area contributed by atoms with E-state index in [9.17, 15) is 5.26 Å². The molecule has 5 nitrogen and oxygen atoms in total. The molecule has 2 saturated heterocycles. The van der Waals surface area contributed by atoms with Crippen LogP contribution in [-0.4, -0.2) is 50.8 Å². The van der Waals surface area contributed by atoms with Crippen molar-refractivity contribution in [3.05, 3.63) is 65.7 Å². The lowest BCUT2D eigenvalue weighted by Crippen LogP contribution is -2.54. The van der Waals surface area contributed by atoms with Crippen LogP contribution in [0, 0.1) is 40.4 Å². The van der Waals surface area contributed by atoms with Crippen molar-refractivity contribution in [2.24, 2.45) is 17.8 Å². The number of rotatable bonds is 7. The number of ether oxygens (including phenoxy) is 1. The number of hydrogen-bond donors (Lipinski definition) is 0. The molecule has 5 rings (SSSR count). The first-order valence-corrected chi connectivity index (χ1v) is 13.1. The van der Waals surface area contributed by atoms with Crippen molar-refractivity contribution in [1.82, 2.24) is 4.90 Å². The molecule has 2 aromatic carbocycles. The van der Waals surface area contributed by atoms with Gasteiger partial charge in [-0.3, -0.25) is 0 Å². The number of methoxy groups -OCH3 is 1. The summed E-state index contributed by atoms with van der Waals surface area (Å²) in [7, 11) is 1.82. The fourth-order valence-electron chi connectivity index (χ4n) is 7.01. The molecule has 3 atom stereocenters. The summed E-state index contributed by atoms with van der Waals surface area (Å²) in [5.74, 6) is 1.32. The van der Waals surface area contributed by atoms with E-state index in [0.29, 0.717) is 17.4 Å². The maximum atomic E-state index is 10.7. The Morgan fingerprint density at radius 3 is 2.29 bits per heavy atom. The van der Waals surface area contributed by atoms with Crippen LogP contribution in [0.15, 0.2) is 54.6 Å². The van der Waals surface area contributed by atoms with E-state index in [0.717, 1.165) is 64.8 Å². The average Bonchev–Trinajstić information content (AvgIpc) is 3.38. The third kappa shape index (κ3) is 4.56. The van der Waals surface area contributed by atoms with E-state index in [1.165, 1.54) is 11.3 Å². The number of nitriles is 2. The molecule has 0 spiro atoms. The zero-order valence-corrected chi connectivity index (χ0v) is 20.8. The number of likely N-dealkylation sites (tertiary alicyclic amines) is 1. The first-order valence-electron chi connectivity index (χ1n) is 13.1. The van der Waals surface area contributed by atoms with Crippen LogP contribution >= 0.6 is 0 Å². The van der Waals surface area contributed by atoms with Crippen LogP contribution in [-0.2, 0) is 10.2 Å². The van der Waals surface area contributed by atoms with Crippen LogP contribution in [0.5, 0.6) is 0 Å². The molecule has 1 unspecified atom stereocenters. The summed E-state index contributed by atoms with van der Waals surface area (Å²) in [5.41, 5.74) is 2.65. The smallest absolute Gasteiger partial charge is 0.0991 e. The van der Waals surface area contributed by atoms with Crippen LogP contribution in [0.25, 0.3) is 0 Å². The van der Waals surface area contributed by atoms with Crippen LogP contribution < -0.4 is 4.90 Å². The highest BCUT2D eigenvalue weighted by molar-refractivity contribution is 5.51. The summed E-state index contributed by atoms with van der Waals surface area (Å²) in [6.45, 7) is 5.43. The largest absolute Gasteiger partial charge is 0.381 e. The zero-order valence-electron chi connectivity index (χ0n) is 20.8. The average molecular weight is 469 g/mol. The fraction of sp³-hybridized carbons (Fsp3) is 0.533. The Kier molecular flexibility index (Phi) is 7.09. The predicted molar refractivity (Wildman–Crippen MR) is 138 cm³/mol. The van der Waals surface area contributed by atoms with Gasteiger partial charge in [0.25, 0.3) is 0 Å². The van der Waals surface area contributed by atoms with Crippen LogP contribution in [0.1, 0.15) is 43.2 Å². The SMILES string of the molecule is CO[C@H]1CCC[C@@H]1C(C#N)(c1ccccc1)C1CCN(CC2CN(c3ccc(C#N)cc3)C2)CC1.